The average molecular weight is 533 g/mol. The molecule has 2 aromatic carbocycles. The van der Waals surface area contributed by atoms with Crippen molar-refractivity contribution in [3.8, 4) is 0 Å². The Kier molecular flexibility index (Phi) is 6.95. The summed E-state index contributed by atoms with van der Waals surface area (Å²) < 4.78 is 68.0. The first-order chi connectivity index (χ1) is 17.6. The minimum atomic E-state index is -4.56. The molecule has 1 saturated carbocycles. The highest BCUT2D eigenvalue weighted by Gasteiger charge is 2.44. The van der Waals surface area contributed by atoms with Crippen molar-refractivity contribution in [3.63, 3.8) is 0 Å². The van der Waals surface area contributed by atoms with Crippen molar-refractivity contribution in [2.75, 3.05) is 25.0 Å². The third-order valence-electron chi connectivity index (χ3n) is 7.04. The molecule has 0 bridgehead atoms. The summed E-state index contributed by atoms with van der Waals surface area (Å²) in [7, 11) is -3.63. The van der Waals surface area contributed by atoms with E-state index in [1.54, 1.807) is 30.3 Å². The molecular weight excluding hydrogens is 505 g/mol. The first-order valence-electron chi connectivity index (χ1n) is 12.2. The van der Waals surface area contributed by atoms with Crippen molar-refractivity contribution in [1.82, 2.24) is 15.0 Å². The predicted molar refractivity (Wildman–Crippen MR) is 133 cm³/mol. The average Bonchev–Trinajstić information content (AvgIpc) is 3.69. The van der Waals surface area contributed by atoms with E-state index in [0.29, 0.717) is 18.4 Å². The summed E-state index contributed by atoms with van der Waals surface area (Å²) in [5.74, 6) is -0.428. The minimum absolute atomic E-state index is 0.0298. The monoisotopic (exact) mass is 532 g/mol. The maximum Gasteiger partial charge on any atom is 0.418 e. The van der Waals surface area contributed by atoms with Crippen LogP contribution >= 0.6 is 0 Å². The third-order valence-corrected chi connectivity index (χ3v) is 8.48. The number of halogens is 3. The number of piperidine rings is 1. The molecule has 1 aromatic heterocycles. The van der Waals surface area contributed by atoms with Crippen molar-refractivity contribution in [1.29, 1.82) is 0 Å². The van der Waals surface area contributed by atoms with Gasteiger partial charge in [0.15, 0.2) is 0 Å². The number of benzene rings is 2. The Morgan fingerprint density at radius 3 is 2.59 bits per heavy atom. The summed E-state index contributed by atoms with van der Waals surface area (Å²) in [6.07, 6.45) is 0.163. The zero-order chi connectivity index (χ0) is 26.2. The standard InChI is InChI=1S/C26H27F3N4O3S/c27-26(28,29)24-15-31-14-18-3-6-19(10-22(18)24)33-25(34)23-11-21(23)17-4-7-20(8-5-17)37(35,36)32-13-16-2-1-9-30-12-16/h3-8,10,14-16,21,23,30,32H,1-2,9,11-13H2,(H,33,34)/t16-,21?,23-/m1/s1. The van der Waals surface area contributed by atoms with Gasteiger partial charge in [-0.2, -0.15) is 13.2 Å². The fourth-order valence-corrected chi connectivity index (χ4v) is 5.97. The highest BCUT2D eigenvalue weighted by Crippen LogP contribution is 2.48. The normalized spacial score (nSPS) is 22.1. The smallest absolute Gasteiger partial charge is 0.326 e. The van der Waals surface area contributed by atoms with Crippen molar-refractivity contribution in [2.24, 2.45) is 11.8 Å². The summed E-state index contributed by atoms with van der Waals surface area (Å²) >= 11 is 0. The van der Waals surface area contributed by atoms with Gasteiger partial charge in [-0.15, -0.1) is 0 Å². The van der Waals surface area contributed by atoms with Crippen LogP contribution in [-0.2, 0) is 21.0 Å². The van der Waals surface area contributed by atoms with E-state index in [1.807, 2.05) is 0 Å². The van der Waals surface area contributed by atoms with Crippen molar-refractivity contribution in [2.45, 2.75) is 36.3 Å². The Bertz CT molecular complexity index is 1400. The van der Waals surface area contributed by atoms with Gasteiger partial charge >= 0.3 is 6.18 Å². The van der Waals surface area contributed by atoms with Crippen molar-refractivity contribution in [3.05, 3.63) is 66.0 Å². The van der Waals surface area contributed by atoms with Gasteiger partial charge < -0.3 is 10.6 Å². The zero-order valence-electron chi connectivity index (χ0n) is 19.9. The lowest BCUT2D eigenvalue weighted by Crippen LogP contribution is -2.38. The number of nitrogens with zero attached hydrogens (tertiary/aromatic N) is 1. The fraction of sp³-hybridized carbons (Fsp3) is 0.385. The minimum Gasteiger partial charge on any atom is -0.326 e. The SMILES string of the molecule is O=C(Nc1ccc2cncc(C(F)(F)F)c2c1)[C@@H]1CC1c1ccc(S(=O)(=O)NC[C@@H]2CCCNC2)cc1. The van der Waals surface area contributed by atoms with Crippen LogP contribution in [0, 0.1) is 11.8 Å². The zero-order valence-corrected chi connectivity index (χ0v) is 20.7. The van der Waals surface area contributed by atoms with Gasteiger partial charge in [0.1, 0.15) is 0 Å². The third kappa shape index (κ3) is 5.78. The number of fused-ring (bicyclic) bond motifs is 1. The number of carbonyl (C=O) groups excluding carboxylic acids is 1. The van der Waals surface area contributed by atoms with Crippen LogP contribution in [0.1, 0.15) is 36.3 Å². The number of aromatic nitrogens is 1. The highest BCUT2D eigenvalue weighted by molar-refractivity contribution is 7.89. The van der Waals surface area contributed by atoms with Gasteiger partial charge in [-0.25, -0.2) is 13.1 Å². The number of alkyl halides is 3. The van der Waals surface area contributed by atoms with Gasteiger partial charge in [-0.1, -0.05) is 18.2 Å². The van der Waals surface area contributed by atoms with E-state index in [0.717, 1.165) is 37.7 Å². The molecule has 2 aliphatic rings. The molecule has 1 aliphatic heterocycles. The quantitative estimate of drug-likeness (QED) is 0.422. The van der Waals surface area contributed by atoms with E-state index < -0.39 is 21.8 Å². The summed E-state index contributed by atoms with van der Waals surface area (Å²) in [4.78, 5) is 16.6. The molecule has 3 atom stereocenters. The molecule has 3 aromatic rings. The molecule has 5 rings (SSSR count). The first kappa shape index (κ1) is 25.6. The summed E-state index contributed by atoms with van der Waals surface area (Å²) in [5.41, 5.74) is 0.269. The lowest BCUT2D eigenvalue weighted by Gasteiger charge is -2.22. The predicted octanol–water partition coefficient (Wildman–Crippen LogP) is 4.27. The lowest BCUT2D eigenvalue weighted by molar-refractivity contribution is -0.136. The van der Waals surface area contributed by atoms with Crippen LogP contribution in [0.2, 0.25) is 0 Å². The molecule has 2 heterocycles. The maximum absolute atomic E-state index is 13.3. The number of anilines is 1. The molecule has 196 valence electrons. The lowest BCUT2D eigenvalue weighted by atomic mass is 10.0. The Labute approximate surface area is 212 Å². The van der Waals surface area contributed by atoms with Crippen molar-refractivity contribution >= 4 is 32.4 Å². The molecule has 2 fully saturated rings. The Hall–Kier alpha value is -3.02. The number of carbonyl (C=O) groups is 1. The second-order valence-electron chi connectivity index (χ2n) is 9.69. The number of hydrogen-bond donors (Lipinski definition) is 3. The Morgan fingerprint density at radius 1 is 1.11 bits per heavy atom. The van der Waals surface area contributed by atoms with Gasteiger partial charge in [0, 0.05) is 35.9 Å². The Morgan fingerprint density at radius 2 is 1.89 bits per heavy atom. The molecular formula is C26H27F3N4O3S. The van der Waals surface area contributed by atoms with Crippen molar-refractivity contribution < 1.29 is 26.4 Å². The van der Waals surface area contributed by atoms with Crippen LogP contribution in [0.25, 0.3) is 10.8 Å². The number of hydrogen-bond acceptors (Lipinski definition) is 5. The van der Waals surface area contributed by atoms with E-state index in [9.17, 15) is 26.4 Å². The molecule has 0 spiro atoms. The number of pyridine rings is 1. The van der Waals surface area contributed by atoms with Gasteiger partial charge in [-0.3, -0.25) is 9.78 Å². The van der Waals surface area contributed by atoms with Crippen LogP contribution in [0.5, 0.6) is 0 Å². The molecule has 1 aliphatic carbocycles. The largest absolute Gasteiger partial charge is 0.418 e. The van der Waals surface area contributed by atoms with E-state index in [-0.39, 0.29) is 39.6 Å². The molecule has 3 N–H and O–H groups in total. The number of nitrogens with one attached hydrogen (secondary N) is 3. The molecule has 1 saturated heterocycles. The van der Waals surface area contributed by atoms with Crippen LogP contribution in [0.15, 0.2) is 59.8 Å². The molecule has 37 heavy (non-hydrogen) atoms. The molecule has 11 heteroatoms. The number of amides is 1. The van der Waals surface area contributed by atoms with Crippen LogP contribution in [0.4, 0.5) is 18.9 Å². The molecule has 1 unspecified atom stereocenters. The molecule has 7 nitrogen and oxygen atoms in total. The molecule has 0 radical (unpaired) electrons. The summed E-state index contributed by atoms with van der Waals surface area (Å²) in [6, 6.07) is 10.9. The van der Waals surface area contributed by atoms with Crippen LogP contribution in [0.3, 0.4) is 0 Å². The maximum atomic E-state index is 13.3. The second-order valence-corrected chi connectivity index (χ2v) is 11.5. The fourth-order valence-electron chi connectivity index (χ4n) is 4.86. The molecule has 1 amide bonds. The second kappa shape index (κ2) is 10.0. The number of sulfonamides is 1. The summed E-state index contributed by atoms with van der Waals surface area (Å²) in [5, 5.41) is 6.29. The van der Waals surface area contributed by atoms with Gasteiger partial charge in [0.25, 0.3) is 0 Å². The van der Waals surface area contributed by atoms with Crippen LogP contribution in [-0.4, -0.2) is 38.9 Å². The highest BCUT2D eigenvalue weighted by atomic mass is 32.2. The van der Waals surface area contributed by atoms with Gasteiger partial charge in [0.05, 0.1) is 10.5 Å². The van der Waals surface area contributed by atoms with E-state index in [1.165, 1.54) is 18.3 Å². The number of rotatable bonds is 7. The topological polar surface area (TPSA) is 100 Å². The van der Waals surface area contributed by atoms with E-state index >= 15 is 0 Å². The van der Waals surface area contributed by atoms with Gasteiger partial charge in [0.2, 0.25) is 15.9 Å². The van der Waals surface area contributed by atoms with E-state index in [2.05, 4.69) is 20.3 Å². The van der Waals surface area contributed by atoms with Gasteiger partial charge in [-0.05, 0) is 79.4 Å². The summed E-state index contributed by atoms with van der Waals surface area (Å²) in [6.45, 7) is 2.15. The first-order valence-corrected chi connectivity index (χ1v) is 13.7. The van der Waals surface area contributed by atoms with Crippen LogP contribution < -0.4 is 15.4 Å². The Balaban J connectivity index is 1.21. The van der Waals surface area contributed by atoms with E-state index in [4.69, 9.17) is 0 Å².